The van der Waals surface area contributed by atoms with Gasteiger partial charge in [0.1, 0.15) is 0 Å². The molecule has 3 aromatic heterocycles. The van der Waals surface area contributed by atoms with Gasteiger partial charge in [-0.05, 0) is 50.9 Å². The van der Waals surface area contributed by atoms with Crippen molar-refractivity contribution in [2.75, 3.05) is 0 Å². The summed E-state index contributed by atoms with van der Waals surface area (Å²) in [4.78, 5) is 20.4. The highest BCUT2D eigenvalue weighted by Crippen LogP contribution is 2.44. The molecule has 0 aliphatic carbocycles. The maximum atomic E-state index is 5.47. The normalized spacial score (nSPS) is 11.6. The van der Waals surface area contributed by atoms with Crippen LogP contribution in [0.25, 0.3) is 109 Å². The molecule has 0 amide bonds. The molecule has 0 saturated heterocycles. The van der Waals surface area contributed by atoms with Crippen LogP contribution in [0.5, 0.6) is 0 Å². The fraction of sp³-hybridized carbons (Fsp3) is 0. The fourth-order valence-corrected chi connectivity index (χ4v) is 9.09. The second-order valence-corrected chi connectivity index (χ2v) is 14.9. The lowest BCUT2D eigenvalue weighted by Crippen LogP contribution is -2.00. The van der Waals surface area contributed by atoms with Gasteiger partial charge in [0.05, 0.1) is 11.2 Å². The number of nitrogens with zero attached hydrogens (tertiary/aromatic N) is 4. The molecule has 0 aliphatic heterocycles. The Kier molecular flexibility index (Phi) is 7.32. The molecule has 4 nitrogen and oxygen atoms in total. The minimum absolute atomic E-state index is 0.612. The highest BCUT2D eigenvalue weighted by Gasteiger charge is 2.19. The largest absolute Gasteiger partial charge is 0.247 e. The Bertz CT molecular complexity index is 3190. The molecule has 0 N–H and O–H groups in total. The van der Waals surface area contributed by atoms with Crippen LogP contribution in [-0.2, 0) is 0 Å². The van der Waals surface area contributed by atoms with Crippen molar-refractivity contribution in [3.63, 3.8) is 0 Å². The van der Waals surface area contributed by atoms with E-state index in [1.165, 1.54) is 52.8 Å². The molecule has 0 spiro atoms. The minimum Gasteiger partial charge on any atom is -0.247 e. The molecular formula is C50H30N4S. The van der Waals surface area contributed by atoms with Crippen LogP contribution in [0.1, 0.15) is 0 Å². The molecule has 5 heteroatoms. The average Bonchev–Trinajstić information content (AvgIpc) is 3.66. The van der Waals surface area contributed by atoms with Crippen molar-refractivity contribution in [2.45, 2.75) is 0 Å². The van der Waals surface area contributed by atoms with Gasteiger partial charge in [-0.1, -0.05) is 164 Å². The van der Waals surface area contributed by atoms with E-state index in [1.54, 1.807) is 0 Å². The Hall–Kier alpha value is -7.08. The summed E-state index contributed by atoms with van der Waals surface area (Å²) in [5.74, 6) is 1.89. The number of rotatable bonds is 5. The van der Waals surface area contributed by atoms with Crippen LogP contribution in [0.3, 0.4) is 0 Å². The standard InChI is InChI=1S/C50H30N4S/c1-3-13-33(14-4-1)48-52-49(34-15-5-2-6-16-34)54-50(53-48)36-27-28-40-43(30-36)51-46(45-41-21-11-12-22-44(41)55-47(40)45)32-25-23-31(24-26-32)42-29-35-17-7-8-18-37(35)38-19-9-10-20-39(38)42/h1-30H. The van der Waals surface area contributed by atoms with Gasteiger partial charge in [-0.25, -0.2) is 19.9 Å². The van der Waals surface area contributed by atoms with E-state index in [0.29, 0.717) is 17.5 Å². The van der Waals surface area contributed by atoms with Gasteiger partial charge in [-0.2, -0.15) is 0 Å². The predicted octanol–water partition coefficient (Wildman–Crippen LogP) is 13.4. The third kappa shape index (κ3) is 5.36. The Labute approximate surface area is 321 Å². The molecule has 0 atom stereocenters. The Morgan fingerprint density at radius 1 is 0.345 bits per heavy atom. The van der Waals surface area contributed by atoms with Gasteiger partial charge in [0, 0.05) is 47.8 Å². The van der Waals surface area contributed by atoms with Crippen molar-refractivity contribution in [3.8, 4) is 56.5 Å². The van der Waals surface area contributed by atoms with Gasteiger partial charge in [-0.3, -0.25) is 0 Å². The van der Waals surface area contributed by atoms with Crippen LogP contribution < -0.4 is 0 Å². The highest BCUT2D eigenvalue weighted by atomic mass is 32.1. The van der Waals surface area contributed by atoms with E-state index in [9.17, 15) is 0 Å². The quantitative estimate of drug-likeness (QED) is 0.166. The Morgan fingerprint density at radius 3 is 1.60 bits per heavy atom. The minimum atomic E-state index is 0.612. The SMILES string of the molecule is c1ccc(-c2nc(-c3ccccc3)nc(-c3ccc4c(c3)nc(-c3ccc(-c5cc6ccccc6c6ccccc56)cc3)c3c5ccccc5sc43)n2)cc1. The number of pyridine rings is 1. The van der Waals surface area contributed by atoms with Gasteiger partial charge < -0.3 is 0 Å². The molecule has 256 valence electrons. The van der Waals surface area contributed by atoms with E-state index >= 15 is 0 Å². The highest BCUT2D eigenvalue weighted by molar-refractivity contribution is 7.26. The van der Waals surface area contributed by atoms with Crippen molar-refractivity contribution in [3.05, 3.63) is 182 Å². The molecule has 0 unspecified atom stereocenters. The van der Waals surface area contributed by atoms with Crippen molar-refractivity contribution < 1.29 is 0 Å². The fourth-order valence-electron chi connectivity index (χ4n) is 7.85. The second kappa shape index (κ2) is 12.8. The third-order valence-electron chi connectivity index (χ3n) is 10.5. The third-order valence-corrected chi connectivity index (χ3v) is 11.7. The van der Waals surface area contributed by atoms with E-state index in [-0.39, 0.29) is 0 Å². The van der Waals surface area contributed by atoms with Crippen molar-refractivity contribution in [1.29, 1.82) is 0 Å². The van der Waals surface area contributed by atoms with E-state index in [0.717, 1.165) is 38.9 Å². The van der Waals surface area contributed by atoms with Gasteiger partial charge in [0.15, 0.2) is 17.5 Å². The van der Waals surface area contributed by atoms with E-state index < -0.39 is 0 Å². The lowest BCUT2D eigenvalue weighted by molar-refractivity contribution is 1.07. The molecule has 0 aliphatic rings. The Balaban J connectivity index is 1.09. The lowest BCUT2D eigenvalue weighted by atomic mass is 9.92. The molecular weight excluding hydrogens is 689 g/mol. The van der Waals surface area contributed by atoms with Crippen molar-refractivity contribution in [2.24, 2.45) is 0 Å². The first-order valence-electron chi connectivity index (χ1n) is 18.4. The van der Waals surface area contributed by atoms with Gasteiger partial charge in [0.25, 0.3) is 0 Å². The maximum Gasteiger partial charge on any atom is 0.164 e. The topological polar surface area (TPSA) is 51.6 Å². The first-order chi connectivity index (χ1) is 27.2. The molecule has 11 aromatic rings. The van der Waals surface area contributed by atoms with Crippen molar-refractivity contribution in [1.82, 2.24) is 19.9 Å². The summed E-state index contributed by atoms with van der Waals surface area (Å²) in [6.07, 6.45) is 0. The summed E-state index contributed by atoms with van der Waals surface area (Å²) in [5.41, 5.74) is 8.13. The van der Waals surface area contributed by atoms with Crippen LogP contribution >= 0.6 is 11.3 Å². The zero-order valence-corrected chi connectivity index (χ0v) is 30.3. The summed E-state index contributed by atoms with van der Waals surface area (Å²) in [6.45, 7) is 0. The summed E-state index contributed by atoms with van der Waals surface area (Å²) in [5, 5.41) is 8.55. The smallest absolute Gasteiger partial charge is 0.164 e. The number of thiophene rings is 1. The number of hydrogen-bond donors (Lipinski definition) is 0. The summed E-state index contributed by atoms with van der Waals surface area (Å²) in [6, 6.07) is 63.9. The van der Waals surface area contributed by atoms with Crippen LogP contribution in [0, 0.1) is 0 Å². The van der Waals surface area contributed by atoms with Crippen LogP contribution in [0.15, 0.2) is 182 Å². The summed E-state index contributed by atoms with van der Waals surface area (Å²) in [7, 11) is 0. The van der Waals surface area contributed by atoms with Gasteiger partial charge in [0.2, 0.25) is 0 Å². The van der Waals surface area contributed by atoms with E-state index in [4.69, 9.17) is 19.9 Å². The monoisotopic (exact) mass is 718 g/mol. The maximum absolute atomic E-state index is 5.47. The zero-order valence-electron chi connectivity index (χ0n) is 29.5. The van der Waals surface area contributed by atoms with Crippen LogP contribution in [-0.4, -0.2) is 19.9 Å². The molecule has 11 rings (SSSR count). The van der Waals surface area contributed by atoms with Crippen LogP contribution in [0.4, 0.5) is 0 Å². The molecule has 0 fully saturated rings. The number of benzene rings is 8. The van der Waals surface area contributed by atoms with E-state index in [1.807, 2.05) is 72.0 Å². The molecule has 3 heterocycles. The first kappa shape index (κ1) is 31.4. The molecule has 0 radical (unpaired) electrons. The van der Waals surface area contributed by atoms with Gasteiger partial charge >= 0.3 is 0 Å². The number of aromatic nitrogens is 4. The molecule has 8 aromatic carbocycles. The average molecular weight is 719 g/mol. The molecule has 0 saturated carbocycles. The summed E-state index contributed by atoms with van der Waals surface area (Å²) < 4.78 is 2.47. The number of fused-ring (bicyclic) bond motifs is 8. The molecule has 0 bridgehead atoms. The predicted molar refractivity (Wildman–Crippen MR) is 230 cm³/mol. The molecule has 55 heavy (non-hydrogen) atoms. The lowest BCUT2D eigenvalue weighted by Gasteiger charge is -2.13. The summed E-state index contributed by atoms with van der Waals surface area (Å²) >= 11 is 1.82. The van der Waals surface area contributed by atoms with Crippen molar-refractivity contribution >= 4 is 64.0 Å². The second-order valence-electron chi connectivity index (χ2n) is 13.8. The Morgan fingerprint density at radius 2 is 0.891 bits per heavy atom. The number of hydrogen-bond acceptors (Lipinski definition) is 5. The van der Waals surface area contributed by atoms with Gasteiger partial charge in [-0.15, -0.1) is 11.3 Å². The van der Waals surface area contributed by atoms with E-state index in [2.05, 4.69) is 121 Å². The zero-order chi connectivity index (χ0) is 36.3. The first-order valence-corrected chi connectivity index (χ1v) is 19.2. The van der Waals surface area contributed by atoms with Crippen LogP contribution in [0.2, 0.25) is 0 Å².